The van der Waals surface area contributed by atoms with E-state index >= 15 is 0 Å². The first-order valence-electron chi connectivity index (χ1n) is 8.99. The van der Waals surface area contributed by atoms with Gasteiger partial charge in [-0.15, -0.1) is 0 Å². The van der Waals surface area contributed by atoms with Crippen LogP contribution in [0.3, 0.4) is 0 Å². The van der Waals surface area contributed by atoms with Crippen LogP contribution in [0.1, 0.15) is 26.3 Å². The lowest BCUT2D eigenvalue weighted by Crippen LogP contribution is -2.50. The summed E-state index contributed by atoms with van der Waals surface area (Å²) in [6.45, 7) is 5.23. The highest BCUT2D eigenvalue weighted by Gasteiger charge is 2.27. The van der Waals surface area contributed by atoms with E-state index in [0.717, 1.165) is 10.0 Å². The average Bonchev–Trinajstić information content (AvgIpc) is 2.64. The maximum Gasteiger partial charge on any atom is 0.261 e. The molecule has 1 N–H and O–H groups in total. The number of amides is 2. The maximum absolute atomic E-state index is 13.7. The van der Waals surface area contributed by atoms with Crippen molar-refractivity contribution in [1.82, 2.24) is 10.2 Å². The number of carbonyl (C=O) groups excluding carboxylic acids is 2. The van der Waals surface area contributed by atoms with Crippen LogP contribution in [0, 0.1) is 5.82 Å². The molecule has 0 radical (unpaired) electrons. The standard InChI is InChI=1S/C21H24BrFN2O3/c1-14(2)24-21(27)15(3)25(12-16-7-6-8-17(22)11-16)20(26)13-28-19-10-5-4-9-18(19)23/h4-11,14-15H,12-13H2,1-3H3,(H,24,27)/t15-/m0/s1. The van der Waals surface area contributed by atoms with Crippen molar-refractivity contribution in [1.29, 1.82) is 0 Å². The number of para-hydroxylation sites is 1. The van der Waals surface area contributed by atoms with Gasteiger partial charge in [-0.3, -0.25) is 9.59 Å². The Labute approximate surface area is 173 Å². The number of hydrogen-bond donors (Lipinski definition) is 1. The van der Waals surface area contributed by atoms with Gasteiger partial charge >= 0.3 is 0 Å². The second kappa shape index (κ2) is 10.2. The first kappa shape index (κ1) is 21.9. The predicted octanol–water partition coefficient (Wildman–Crippen LogP) is 3.91. The highest BCUT2D eigenvalue weighted by atomic mass is 79.9. The van der Waals surface area contributed by atoms with Gasteiger partial charge < -0.3 is 15.0 Å². The summed E-state index contributed by atoms with van der Waals surface area (Å²) < 4.78 is 20.0. The molecule has 0 aliphatic heterocycles. The van der Waals surface area contributed by atoms with E-state index in [0.29, 0.717) is 0 Å². The van der Waals surface area contributed by atoms with Crippen LogP contribution in [0.25, 0.3) is 0 Å². The van der Waals surface area contributed by atoms with Gasteiger partial charge in [0.25, 0.3) is 5.91 Å². The van der Waals surface area contributed by atoms with Crippen LogP contribution in [-0.4, -0.2) is 35.4 Å². The van der Waals surface area contributed by atoms with Crippen molar-refractivity contribution < 1.29 is 18.7 Å². The van der Waals surface area contributed by atoms with Gasteiger partial charge in [0, 0.05) is 17.1 Å². The first-order valence-corrected chi connectivity index (χ1v) is 9.79. The molecule has 0 bridgehead atoms. The molecule has 2 amide bonds. The number of ether oxygens (including phenoxy) is 1. The van der Waals surface area contributed by atoms with Gasteiger partial charge in [-0.2, -0.15) is 0 Å². The van der Waals surface area contributed by atoms with Crippen molar-refractivity contribution in [3.63, 3.8) is 0 Å². The van der Waals surface area contributed by atoms with E-state index in [2.05, 4.69) is 21.2 Å². The van der Waals surface area contributed by atoms with Crippen molar-refractivity contribution >= 4 is 27.7 Å². The summed E-state index contributed by atoms with van der Waals surface area (Å²) in [5, 5.41) is 2.82. The molecule has 0 saturated carbocycles. The van der Waals surface area contributed by atoms with Gasteiger partial charge in [0.05, 0.1) is 0 Å². The number of rotatable bonds is 8. The molecule has 7 heteroatoms. The second-order valence-electron chi connectivity index (χ2n) is 6.71. The number of nitrogens with zero attached hydrogens (tertiary/aromatic N) is 1. The van der Waals surface area contributed by atoms with Crippen LogP contribution < -0.4 is 10.1 Å². The molecule has 0 saturated heterocycles. The van der Waals surface area contributed by atoms with Gasteiger partial charge in [-0.05, 0) is 50.6 Å². The molecule has 5 nitrogen and oxygen atoms in total. The fourth-order valence-corrected chi connectivity index (χ4v) is 3.05. The smallest absolute Gasteiger partial charge is 0.261 e. The van der Waals surface area contributed by atoms with Crippen molar-refractivity contribution in [2.45, 2.75) is 39.4 Å². The third-order valence-electron chi connectivity index (χ3n) is 4.03. The lowest BCUT2D eigenvalue weighted by Gasteiger charge is -2.29. The number of carbonyl (C=O) groups is 2. The zero-order chi connectivity index (χ0) is 20.7. The fourth-order valence-electron chi connectivity index (χ4n) is 2.60. The van der Waals surface area contributed by atoms with E-state index in [-0.39, 0.29) is 30.9 Å². The van der Waals surface area contributed by atoms with Crippen LogP contribution in [0.2, 0.25) is 0 Å². The Morgan fingerprint density at radius 1 is 1.14 bits per heavy atom. The summed E-state index contributed by atoms with van der Waals surface area (Å²) in [5.74, 6) is -1.21. The second-order valence-corrected chi connectivity index (χ2v) is 7.63. The molecule has 0 fully saturated rings. The molecule has 0 unspecified atom stereocenters. The zero-order valence-corrected chi connectivity index (χ0v) is 17.7. The zero-order valence-electron chi connectivity index (χ0n) is 16.1. The van der Waals surface area contributed by atoms with E-state index in [1.54, 1.807) is 19.1 Å². The molecule has 2 aromatic rings. The summed E-state index contributed by atoms with van der Waals surface area (Å²) >= 11 is 3.41. The monoisotopic (exact) mass is 450 g/mol. The molecule has 0 heterocycles. The molecular formula is C21H24BrFN2O3. The molecule has 2 aromatic carbocycles. The van der Waals surface area contributed by atoms with Crippen molar-refractivity contribution in [3.8, 4) is 5.75 Å². The lowest BCUT2D eigenvalue weighted by atomic mass is 10.1. The van der Waals surface area contributed by atoms with Gasteiger partial charge in [0.2, 0.25) is 5.91 Å². The van der Waals surface area contributed by atoms with E-state index in [1.165, 1.54) is 17.0 Å². The van der Waals surface area contributed by atoms with E-state index in [9.17, 15) is 14.0 Å². The Balaban J connectivity index is 2.17. The topological polar surface area (TPSA) is 58.6 Å². The number of benzene rings is 2. The van der Waals surface area contributed by atoms with Crippen molar-refractivity contribution in [3.05, 3.63) is 64.4 Å². The minimum absolute atomic E-state index is 0.00228. The van der Waals surface area contributed by atoms with Crippen LogP contribution in [0.4, 0.5) is 4.39 Å². The molecule has 1 atom stereocenters. The van der Waals surface area contributed by atoms with Crippen LogP contribution in [-0.2, 0) is 16.1 Å². The quantitative estimate of drug-likeness (QED) is 0.662. The molecule has 28 heavy (non-hydrogen) atoms. The highest BCUT2D eigenvalue weighted by Crippen LogP contribution is 2.18. The average molecular weight is 451 g/mol. The summed E-state index contributed by atoms with van der Waals surface area (Å²) in [4.78, 5) is 26.7. The molecule has 0 aliphatic rings. The normalized spacial score (nSPS) is 11.8. The Morgan fingerprint density at radius 2 is 1.86 bits per heavy atom. The molecule has 150 valence electrons. The summed E-state index contributed by atoms with van der Waals surface area (Å²) in [7, 11) is 0. The number of halogens is 2. The highest BCUT2D eigenvalue weighted by molar-refractivity contribution is 9.10. The fraction of sp³-hybridized carbons (Fsp3) is 0.333. The minimum Gasteiger partial charge on any atom is -0.481 e. The van der Waals surface area contributed by atoms with Crippen LogP contribution in [0.5, 0.6) is 5.75 Å². The minimum atomic E-state index is -0.710. The van der Waals surface area contributed by atoms with Gasteiger partial charge in [0.1, 0.15) is 6.04 Å². The summed E-state index contributed by atoms with van der Waals surface area (Å²) in [6.07, 6.45) is 0. The largest absolute Gasteiger partial charge is 0.481 e. The Morgan fingerprint density at radius 3 is 2.50 bits per heavy atom. The lowest BCUT2D eigenvalue weighted by molar-refractivity contribution is -0.142. The Hall–Kier alpha value is -2.41. The van der Waals surface area contributed by atoms with E-state index in [4.69, 9.17) is 4.74 Å². The molecular weight excluding hydrogens is 427 g/mol. The summed E-state index contributed by atoms with van der Waals surface area (Å²) in [6, 6.07) is 12.6. The van der Waals surface area contributed by atoms with Gasteiger partial charge in [-0.1, -0.05) is 40.2 Å². The number of hydrogen-bond acceptors (Lipinski definition) is 3. The Kier molecular flexibility index (Phi) is 7.99. The van der Waals surface area contributed by atoms with Crippen molar-refractivity contribution in [2.75, 3.05) is 6.61 Å². The van der Waals surface area contributed by atoms with Crippen LogP contribution in [0.15, 0.2) is 53.0 Å². The Bertz CT molecular complexity index is 829. The van der Waals surface area contributed by atoms with Crippen molar-refractivity contribution in [2.24, 2.45) is 0 Å². The molecule has 0 spiro atoms. The molecule has 2 rings (SSSR count). The van der Waals surface area contributed by atoms with E-state index in [1.807, 2.05) is 38.1 Å². The van der Waals surface area contributed by atoms with Gasteiger partial charge in [-0.25, -0.2) is 4.39 Å². The van der Waals surface area contributed by atoms with Crippen LogP contribution >= 0.6 is 15.9 Å². The SMILES string of the molecule is CC(C)NC(=O)[C@H](C)N(Cc1cccc(Br)c1)C(=O)COc1ccccc1F. The first-order chi connectivity index (χ1) is 13.3. The molecule has 0 aromatic heterocycles. The summed E-state index contributed by atoms with van der Waals surface area (Å²) in [5.41, 5.74) is 0.859. The molecule has 0 aliphatic carbocycles. The van der Waals surface area contributed by atoms with E-state index < -0.39 is 17.8 Å². The van der Waals surface area contributed by atoms with Gasteiger partial charge in [0.15, 0.2) is 18.2 Å². The maximum atomic E-state index is 13.7. The third kappa shape index (κ3) is 6.34. The third-order valence-corrected chi connectivity index (χ3v) is 4.52. The predicted molar refractivity (Wildman–Crippen MR) is 109 cm³/mol. The number of nitrogens with one attached hydrogen (secondary N) is 1.